The number of carboxylic acids is 1. The number of aromatic carboxylic acids is 1. The highest BCUT2D eigenvalue weighted by atomic mass is 16.4. The Kier molecular flexibility index (Phi) is 4.14. The topological polar surface area (TPSA) is 86.3 Å². The van der Waals surface area contributed by atoms with E-state index in [9.17, 15) is 9.59 Å². The molecule has 120 valence electrons. The number of hydrogen-bond donors (Lipinski definition) is 2. The Morgan fingerprint density at radius 3 is 2.30 bits per heavy atom. The van der Waals surface area contributed by atoms with Gasteiger partial charge in [-0.1, -0.05) is 0 Å². The van der Waals surface area contributed by atoms with Gasteiger partial charge in [-0.3, -0.25) is 9.89 Å². The van der Waals surface area contributed by atoms with Crippen molar-refractivity contribution in [2.75, 3.05) is 13.1 Å². The van der Waals surface area contributed by atoms with Gasteiger partial charge in [-0.25, -0.2) is 4.79 Å². The van der Waals surface area contributed by atoms with Crippen molar-refractivity contribution in [3.8, 4) is 0 Å². The predicted octanol–water partition coefficient (Wildman–Crippen LogP) is 2.44. The number of carboxylic acid groups (broad SMARTS) is 1. The molecule has 1 aliphatic rings. The van der Waals surface area contributed by atoms with Gasteiger partial charge in [0.1, 0.15) is 0 Å². The van der Waals surface area contributed by atoms with E-state index in [-0.39, 0.29) is 11.5 Å². The van der Waals surface area contributed by atoms with Gasteiger partial charge in [-0.05, 0) is 50.1 Å². The molecule has 2 N–H and O–H groups in total. The normalized spacial score (nSPS) is 15.6. The number of aryl methyl sites for hydroxylation is 1. The molecule has 2 aromatic rings. The Balaban J connectivity index is 1.62. The molecule has 1 aromatic heterocycles. The van der Waals surface area contributed by atoms with Crippen molar-refractivity contribution in [1.82, 2.24) is 15.1 Å². The molecule has 0 bridgehead atoms. The Bertz CT molecular complexity index is 713. The number of carbonyl (C=O) groups excluding carboxylic acids is 1. The van der Waals surface area contributed by atoms with Gasteiger partial charge < -0.3 is 10.0 Å². The van der Waals surface area contributed by atoms with Gasteiger partial charge in [-0.15, -0.1) is 0 Å². The molecule has 1 aromatic carbocycles. The van der Waals surface area contributed by atoms with Crippen LogP contribution < -0.4 is 0 Å². The van der Waals surface area contributed by atoms with Gasteiger partial charge in [0.2, 0.25) is 0 Å². The lowest BCUT2D eigenvalue weighted by Gasteiger charge is -2.31. The van der Waals surface area contributed by atoms with Crippen LogP contribution in [0.1, 0.15) is 50.9 Å². The molecule has 2 heterocycles. The number of piperidine rings is 1. The second kappa shape index (κ2) is 6.24. The van der Waals surface area contributed by atoms with Gasteiger partial charge in [0.15, 0.2) is 0 Å². The summed E-state index contributed by atoms with van der Waals surface area (Å²) < 4.78 is 0. The maximum absolute atomic E-state index is 12.5. The number of carbonyl (C=O) groups is 2. The third kappa shape index (κ3) is 3.26. The molecule has 0 radical (unpaired) electrons. The molecule has 3 rings (SSSR count). The number of H-pyrrole nitrogens is 1. The van der Waals surface area contributed by atoms with Crippen molar-refractivity contribution in [3.63, 3.8) is 0 Å². The number of aromatic nitrogens is 2. The van der Waals surface area contributed by atoms with Crippen LogP contribution in [-0.2, 0) is 0 Å². The van der Waals surface area contributed by atoms with Crippen LogP contribution in [0.15, 0.2) is 30.3 Å². The van der Waals surface area contributed by atoms with E-state index in [0.29, 0.717) is 24.6 Å². The molecule has 6 nitrogen and oxygen atoms in total. The SMILES string of the molecule is Cc1cc(C2CCN(C(=O)c3ccc(C(=O)O)cc3)CC2)n[nH]1. The Labute approximate surface area is 134 Å². The van der Waals surface area contributed by atoms with Crippen LogP contribution in [0.4, 0.5) is 0 Å². The molecule has 1 aliphatic heterocycles. The van der Waals surface area contributed by atoms with Gasteiger partial charge in [0.05, 0.1) is 11.3 Å². The second-order valence-electron chi connectivity index (χ2n) is 5.92. The van der Waals surface area contributed by atoms with Crippen molar-refractivity contribution in [2.45, 2.75) is 25.7 Å². The van der Waals surface area contributed by atoms with E-state index in [4.69, 9.17) is 5.11 Å². The van der Waals surface area contributed by atoms with E-state index in [2.05, 4.69) is 16.3 Å². The fraction of sp³-hybridized carbons (Fsp3) is 0.353. The molecule has 6 heteroatoms. The van der Waals surface area contributed by atoms with E-state index in [1.54, 1.807) is 12.1 Å². The largest absolute Gasteiger partial charge is 0.478 e. The summed E-state index contributed by atoms with van der Waals surface area (Å²) in [5.74, 6) is -0.643. The summed E-state index contributed by atoms with van der Waals surface area (Å²) in [6.45, 7) is 3.36. The Morgan fingerprint density at radius 2 is 1.78 bits per heavy atom. The van der Waals surface area contributed by atoms with Crippen molar-refractivity contribution in [3.05, 3.63) is 52.8 Å². The van der Waals surface area contributed by atoms with Gasteiger partial charge in [0, 0.05) is 30.3 Å². The average molecular weight is 313 g/mol. The number of amides is 1. The van der Waals surface area contributed by atoms with E-state index in [1.165, 1.54) is 12.1 Å². The van der Waals surface area contributed by atoms with Crippen LogP contribution in [0.25, 0.3) is 0 Å². The molecule has 1 saturated heterocycles. The summed E-state index contributed by atoms with van der Waals surface area (Å²) in [5, 5.41) is 16.2. The molecule has 0 spiro atoms. The van der Waals surface area contributed by atoms with Crippen LogP contribution in [0.3, 0.4) is 0 Å². The fourth-order valence-electron chi connectivity index (χ4n) is 2.96. The fourth-order valence-corrected chi connectivity index (χ4v) is 2.96. The lowest BCUT2D eigenvalue weighted by molar-refractivity contribution is 0.0689. The molecule has 0 saturated carbocycles. The van der Waals surface area contributed by atoms with Crippen LogP contribution >= 0.6 is 0 Å². The molecular weight excluding hydrogens is 294 g/mol. The van der Waals surface area contributed by atoms with Gasteiger partial charge in [-0.2, -0.15) is 5.10 Å². The first-order chi connectivity index (χ1) is 11.0. The minimum absolute atomic E-state index is 0.0430. The minimum Gasteiger partial charge on any atom is -0.478 e. The quantitative estimate of drug-likeness (QED) is 0.911. The number of aromatic amines is 1. The molecule has 1 amide bonds. The van der Waals surface area contributed by atoms with Crippen LogP contribution in [0, 0.1) is 6.92 Å². The van der Waals surface area contributed by atoms with E-state index in [0.717, 1.165) is 24.2 Å². The van der Waals surface area contributed by atoms with E-state index in [1.807, 2.05) is 11.8 Å². The molecule has 0 unspecified atom stereocenters. The molecular formula is C17H19N3O3. The summed E-state index contributed by atoms with van der Waals surface area (Å²) in [6, 6.07) is 8.15. The summed E-state index contributed by atoms with van der Waals surface area (Å²) in [7, 11) is 0. The first-order valence-electron chi connectivity index (χ1n) is 7.69. The molecule has 1 fully saturated rings. The van der Waals surface area contributed by atoms with Gasteiger partial charge in [0.25, 0.3) is 5.91 Å². The number of rotatable bonds is 3. The Hall–Kier alpha value is -2.63. The Morgan fingerprint density at radius 1 is 1.17 bits per heavy atom. The zero-order chi connectivity index (χ0) is 16.4. The molecule has 23 heavy (non-hydrogen) atoms. The van der Waals surface area contributed by atoms with E-state index >= 15 is 0 Å². The highest BCUT2D eigenvalue weighted by Crippen LogP contribution is 2.27. The number of nitrogens with one attached hydrogen (secondary N) is 1. The maximum Gasteiger partial charge on any atom is 0.335 e. The van der Waals surface area contributed by atoms with Crippen molar-refractivity contribution < 1.29 is 14.7 Å². The summed E-state index contributed by atoms with van der Waals surface area (Å²) >= 11 is 0. The van der Waals surface area contributed by atoms with Crippen LogP contribution in [0.2, 0.25) is 0 Å². The maximum atomic E-state index is 12.5. The van der Waals surface area contributed by atoms with Crippen LogP contribution in [-0.4, -0.2) is 45.2 Å². The smallest absolute Gasteiger partial charge is 0.335 e. The van der Waals surface area contributed by atoms with Gasteiger partial charge >= 0.3 is 5.97 Å². The zero-order valence-electron chi connectivity index (χ0n) is 13.0. The molecule has 0 aliphatic carbocycles. The first kappa shape index (κ1) is 15.3. The van der Waals surface area contributed by atoms with E-state index < -0.39 is 5.97 Å². The summed E-state index contributed by atoms with van der Waals surface area (Å²) in [5.41, 5.74) is 2.84. The molecule has 0 atom stereocenters. The van der Waals surface area contributed by atoms with Crippen molar-refractivity contribution in [2.24, 2.45) is 0 Å². The summed E-state index contributed by atoms with van der Waals surface area (Å²) in [6.07, 6.45) is 1.78. The number of hydrogen-bond acceptors (Lipinski definition) is 3. The highest BCUT2D eigenvalue weighted by Gasteiger charge is 2.25. The monoisotopic (exact) mass is 313 g/mol. The van der Waals surface area contributed by atoms with Crippen molar-refractivity contribution in [1.29, 1.82) is 0 Å². The minimum atomic E-state index is -0.987. The lowest BCUT2D eigenvalue weighted by Crippen LogP contribution is -2.38. The third-order valence-corrected chi connectivity index (χ3v) is 4.30. The third-order valence-electron chi connectivity index (χ3n) is 4.30. The number of likely N-dealkylation sites (tertiary alicyclic amines) is 1. The number of benzene rings is 1. The summed E-state index contributed by atoms with van der Waals surface area (Å²) in [4.78, 5) is 25.2. The predicted molar refractivity (Wildman–Crippen MR) is 84.6 cm³/mol. The number of nitrogens with zero attached hydrogens (tertiary/aromatic N) is 2. The van der Waals surface area contributed by atoms with Crippen molar-refractivity contribution >= 4 is 11.9 Å². The second-order valence-corrected chi connectivity index (χ2v) is 5.92. The average Bonchev–Trinajstić information content (AvgIpc) is 3.01. The standard InChI is InChI=1S/C17H19N3O3/c1-11-10-15(19-18-11)12-6-8-20(9-7-12)16(21)13-2-4-14(5-3-13)17(22)23/h2-5,10,12H,6-9H2,1H3,(H,18,19)(H,22,23). The first-order valence-corrected chi connectivity index (χ1v) is 7.69. The van der Waals surface area contributed by atoms with Crippen LogP contribution in [0.5, 0.6) is 0 Å². The highest BCUT2D eigenvalue weighted by molar-refractivity contribution is 5.96. The zero-order valence-corrected chi connectivity index (χ0v) is 13.0. The lowest BCUT2D eigenvalue weighted by atomic mass is 9.93.